The second-order valence-corrected chi connectivity index (χ2v) is 4.91. The molecule has 4 heteroatoms. The Hall–Kier alpha value is -1.06. The molecule has 1 rings (SSSR count). The fourth-order valence-electron chi connectivity index (χ4n) is 1.41. The Morgan fingerprint density at radius 1 is 1.24 bits per heavy atom. The Bertz CT molecular complexity index is 355. The highest BCUT2D eigenvalue weighted by Crippen LogP contribution is 2.23. The fourth-order valence-corrected chi connectivity index (χ4v) is 1.41. The van der Waals surface area contributed by atoms with Gasteiger partial charge in [0.1, 0.15) is 0 Å². The summed E-state index contributed by atoms with van der Waals surface area (Å²) in [6.45, 7) is 6.87. The highest BCUT2D eigenvalue weighted by molar-refractivity contribution is 5.90. The summed E-state index contributed by atoms with van der Waals surface area (Å²) >= 11 is 0. The van der Waals surface area contributed by atoms with Gasteiger partial charge in [-0.25, -0.2) is 0 Å². The SMILES string of the molecule is CC(C)(C)c1ccc(NC(=O)CCN)cc1.Cl. The summed E-state index contributed by atoms with van der Waals surface area (Å²) in [4.78, 5) is 11.3. The Morgan fingerprint density at radius 2 is 1.76 bits per heavy atom. The van der Waals surface area contributed by atoms with Crippen molar-refractivity contribution in [2.75, 3.05) is 11.9 Å². The number of nitrogens with two attached hydrogens (primary N) is 1. The van der Waals surface area contributed by atoms with Crippen LogP contribution in [0.4, 0.5) is 5.69 Å². The van der Waals surface area contributed by atoms with Gasteiger partial charge in [0.15, 0.2) is 0 Å². The van der Waals surface area contributed by atoms with Gasteiger partial charge in [-0.05, 0) is 23.1 Å². The fraction of sp³-hybridized carbons (Fsp3) is 0.462. The molecule has 1 aromatic rings. The van der Waals surface area contributed by atoms with Gasteiger partial charge in [0.25, 0.3) is 0 Å². The number of amides is 1. The summed E-state index contributed by atoms with van der Waals surface area (Å²) < 4.78 is 0. The lowest BCUT2D eigenvalue weighted by Gasteiger charge is -2.19. The van der Waals surface area contributed by atoms with E-state index in [-0.39, 0.29) is 23.7 Å². The van der Waals surface area contributed by atoms with E-state index in [0.29, 0.717) is 13.0 Å². The smallest absolute Gasteiger partial charge is 0.225 e. The number of carbonyl (C=O) groups is 1. The number of carbonyl (C=O) groups excluding carboxylic acids is 1. The molecule has 0 saturated heterocycles. The van der Waals surface area contributed by atoms with E-state index in [0.717, 1.165) is 5.69 Å². The first-order valence-electron chi connectivity index (χ1n) is 5.54. The van der Waals surface area contributed by atoms with E-state index < -0.39 is 0 Å². The van der Waals surface area contributed by atoms with Gasteiger partial charge in [-0.15, -0.1) is 12.4 Å². The van der Waals surface area contributed by atoms with Crippen LogP contribution in [0.2, 0.25) is 0 Å². The molecule has 0 aromatic heterocycles. The van der Waals surface area contributed by atoms with Crippen LogP contribution in [0.15, 0.2) is 24.3 Å². The van der Waals surface area contributed by atoms with Gasteiger partial charge in [0, 0.05) is 18.7 Å². The summed E-state index contributed by atoms with van der Waals surface area (Å²) in [5.74, 6) is -0.0361. The number of hydrogen-bond donors (Lipinski definition) is 2. The van der Waals surface area contributed by atoms with E-state index in [9.17, 15) is 4.79 Å². The van der Waals surface area contributed by atoms with Crippen molar-refractivity contribution in [1.29, 1.82) is 0 Å². The molecule has 96 valence electrons. The number of benzene rings is 1. The number of nitrogens with one attached hydrogen (secondary N) is 1. The van der Waals surface area contributed by atoms with Gasteiger partial charge in [-0.3, -0.25) is 4.79 Å². The van der Waals surface area contributed by atoms with Gasteiger partial charge >= 0.3 is 0 Å². The lowest BCUT2D eigenvalue weighted by molar-refractivity contribution is -0.116. The van der Waals surface area contributed by atoms with E-state index in [2.05, 4.69) is 26.1 Å². The number of halogens is 1. The first-order chi connectivity index (χ1) is 7.43. The van der Waals surface area contributed by atoms with Gasteiger partial charge in [-0.2, -0.15) is 0 Å². The van der Waals surface area contributed by atoms with Crippen molar-refractivity contribution in [3.8, 4) is 0 Å². The summed E-state index contributed by atoms with van der Waals surface area (Å²) in [5, 5.41) is 2.80. The molecule has 1 amide bonds. The Labute approximate surface area is 109 Å². The number of hydrogen-bond acceptors (Lipinski definition) is 2. The van der Waals surface area contributed by atoms with Gasteiger partial charge in [-0.1, -0.05) is 32.9 Å². The molecule has 1 aromatic carbocycles. The summed E-state index contributed by atoms with van der Waals surface area (Å²) in [7, 11) is 0. The predicted molar refractivity (Wildman–Crippen MR) is 74.7 cm³/mol. The number of rotatable bonds is 3. The largest absolute Gasteiger partial charge is 0.330 e. The van der Waals surface area contributed by atoms with Crippen LogP contribution >= 0.6 is 12.4 Å². The minimum Gasteiger partial charge on any atom is -0.330 e. The highest BCUT2D eigenvalue weighted by Gasteiger charge is 2.12. The summed E-state index contributed by atoms with van der Waals surface area (Å²) in [6.07, 6.45) is 0.362. The molecule has 3 N–H and O–H groups in total. The van der Waals surface area contributed by atoms with E-state index in [1.807, 2.05) is 24.3 Å². The average molecular weight is 257 g/mol. The van der Waals surface area contributed by atoms with Crippen LogP contribution < -0.4 is 11.1 Å². The van der Waals surface area contributed by atoms with Crippen LogP contribution in [0.1, 0.15) is 32.8 Å². The molecule has 0 aliphatic carbocycles. The van der Waals surface area contributed by atoms with Crippen molar-refractivity contribution >= 4 is 24.0 Å². The van der Waals surface area contributed by atoms with Crippen molar-refractivity contribution in [2.45, 2.75) is 32.6 Å². The molecule has 0 unspecified atom stereocenters. The van der Waals surface area contributed by atoms with Gasteiger partial charge in [0.05, 0.1) is 0 Å². The molecule has 0 aliphatic rings. The zero-order valence-corrected chi connectivity index (χ0v) is 11.4. The van der Waals surface area contributed by atoms with Crippen molar-refractivity contribution in [2.24, 2.45) is 5.73 Å². The van der Waals surface area contributed by atoms with E-state index in [4.69, 9.17) is 5.73 Å². The van der Waals surface area contributed by atoms with Gasteiger partial charge < -0.3 is 11.1 Å². The molecular weight excluding hydrogens is 236 g/mol. The third-order valence-electron chi connectivity index (χ3n) is 2.41. The Balaban J connectivity index is 0.00000256. The highest BCUT2D eigenvalue weighted by atomic mass is 35.5. The Kier molecular flexibility index (Phi) is 6.21. The van der Waals surface area contributed by atoms with E-state index in [1.165, 1.54) is 5.56 Å². The summed E-state index contributed by atoms with van der Waals surface area (Å²) in [6, 6.07) is 7.93. The first kappa shape index (κ1) is 15.9. The Morgan fingerprint density at radius 3 is 2.18 bits per heavy atom. The minimum atomic E-state index is -0.0361. The first-order valence-corrected chi connectivity index (χ1v) is 5.54. The van der Waals surface area contributed by atoms with Crippen LogP contribution in [0.25, 0.3) is 0 Å². The van der Waals surface area contributed by atoms with Crippen LogP contribution in [0, 0.1) is 0 Å². The second kappa shape index (κ2) is 6.62. The maximum Gasteiger partial charge on any atom is 0.225 e. The lowest BCUT2D eigenvalue weighted by Crippen LogP contribution is -2.16. The molecule has 17 heavy (non-hydrogen) atoms. The monoisotopic (exact) mass is 256 g/mol. The molecule has 0 bridgehead atoms. The molecule has 0 atom stereocenters. The van der Waals surface area contributed by atoms with E-state index in [1.54, 1.807) is 0 Å². The van der Waals surface area contributed by atoms with Crippen molar-refractivity contribution in [3.63, 3.8) is 0 Å². The van der Waals surface area contributed by atoms with Crippen LogP contribution in [0.3, 0.4) is 0 Å². The minimum absolute atomic E-state index is 0. The molecule has 0 radical (unpaired) electrons. The number of anilines is 1. The van der Waals surface area contributed by atoms with Crippen LogP contribution in [0.5, 0.6) is 0 Å². The van der Waals surface area contributed by atoms with Crippen molar-refractivity contribution in [1.82, 2.24) is 0 Å². The molecule has 0 saturated carbocycles. The third-order valence-corrected chi connectivity index (χ3v) is 2.41. The van der Waals surface area contributed by atoms with Crippen molar-refractivity contribution in [3.05, 3.63) is 29.8 Å². The van der Waals surface area contributed by atoms with Crippen molar-refractivity contribution < 1.29 is 4.79 Å². The molecule has 0 aliphatic heterocycles. The summed E-state index contributed by atoms with van der Waals surface area (Å²) in [5.41, 5.74) is 7.52. The van der Waals surface area contributed by atoms with E-state index >= 15 is 0 Å². The van der Waals surface area contributed by atoms with Gasteiger partial charge in [0.2, 0.25) is 5.91 Å². The average Bonchev–Trinajstić information content (AvgIpc) is 2.17. The molecular formula is C13H21ClN2O. The second-order valence-electron chi connectivity index (χ2n) is 4.91. The topological polar surface area (TPSA) is 55.1 Å². The van der Waals surface area contributed by atoms with Crippen LogP contribution in [-0.2, 0) is 10.2 Å². The molecule has 0 heterocycles. The molecule has 3 nitrogen and oxygen atoms in total. The normalized spacial score (nSPS) is 10.6. The molecule has 0 fully saturated rings. The van der Waals surface area contributed by atoms with Crippen LogP contribution in [-0.4, -0.2) is 12.5 Å². The zero-order chi connectivity index (χ0) is 12.2. The maximum atomic E-state index is 11.3. The predicted octanol–water partition coefficient (Wildman–Crippen LogP) is 2.69. The standard InChI is InChI=1S/C13H20N2O.ClH/c1-13(2,3)10-4-6-11(7-5-10)15-12(16)8-9-14;/h4-7H,8-9,14H2,1-3H3,(H,15,16);1H. The maximum absolute atomic E-state index is 11.3. The zero-order valence-electron chi connectivity index (χ0n) is 10.6. The molecule has 0 spiro atoms. The third kappa shape index (κ3) is 5.20. The quantitative estimate of drug-likeness (QED) is 0.874. The lowest BCUT2D eigenvalue weighted by atomic mass is 9.87.